The molecule has 2 aromatic carbocycles. The number of benzene rings is 2. The monoisotopic (exact) mass is 344 g/mol. The van der Waals surface area contributed by atoms with Gasteiger partial charge in [0.25, 0.3) is 0 Å². The molecule has 1 heteroatoms. The summed E-state index contributed by atoms with van der Waals surface area (Å²) in [5, 5.41) is 0. The van der Waals surface area contributed by atoms with Crippen LogP contribution in [-0.4, -0.2) is 6.61 Å². The molecule has 26 heavy (non-hydrogen) atoms. The van der Waals surface area contributed by atoms with Crippen molar-refractivity contribution in [1.29, 1.82) is 0 Å². The van der Waals surface area contributed by atoms with Gasteiger partial charge in [-0.2, -0.15) is 0 Å². The molecule has 0 radical (unpaired) electrons. The molecule has 0 N–H and O–H groups in total. The first-order valence-electron chi connectivity index (χ1n) is 9.81. The molecule has 0 saturated carbocycles. The molecule has 1 atom stereocenters. The minimum Gasteiger partial charge on any atom is -0.494 e. The second-order valence-corrected chi connectivity index (χ2v) is 6.90. The second-order valence-electron chi connectivity index (χ2n) is 6.90. The molecular formula is C25H28O. The number of allylic oxidation sites excluding steroid dienone is 2. The number of rotatable bonds is 5. The van der Waals surface area contributed by atoms with E-state index in [-0.39, 0.29) is 0 Å². The number of hydrogen-bond acceptors (Lipinski definition) is 1. The lowest BCUT2D eigenvalue weighted by Gasteiger charge is -2.20. The first-order chi connectivity index (χ1) is 12.8. The maximum atomic E-state index is 5.47. The van der Waals surface area contributed by atoms with Crippen LogP contribution >= 0.6 is 0 Å². The Hall–Kier alpha value is -2.46. The topological polar surface area (TPSA) is 9.23 Å². The van der Waals surface area contributed by atoms with Gasteiger partial charge in [-0.1, -0.05) is 55.5 Å². The lowest BCUT2D eigenvalue weighted by atomic mass is 9.84. The average Bonchev–Trinajstić information content (AvgIpc) is 2.69. The van der Waals surface area contributed by atoms with Crippen molar-refractivity contribution in [3.63, 3.8) is 0 Å². The summed E-state index contributed by atoms with van der Waals surface area (Å²) in [4.78, 5) is 0. The van der Waals surface area contributed by atoms with E-state index in [2.05, 4.69) is 49.1 Å². The van der Waals surface area contributed by atoms with Gasteiger partial charge in [0.05, 0.1) is 6.61 Å². The Bertz CT molecular complexity index is 785. The Balaban J connectivity index is 1.59. The summed E-state index contributed by atoms with van der Waals surface area (Å²) in [5.74, 6) is 8.19. The Morgan fingerprint density at radius 3 is 2.35 bits per heavy atom. The van der Waals surface area contributed by atoms with E-state index in [1.54, 1.807) is 0 Å². The molecule has 0 amide bonds. The zero-order valence-corrected chi connectivity index (χ0v) is 15.9. The van der Waals surface area contributed by atoms with E-state index in [0.717, 1.165) is 24.2 Å². The van der Waals surface area contributed by atoms with Crippen molar-refractivity contribution in [3.05, 3.63) is 76.9 Å². The third-order valence-electron chi connectivity index (χ3n) is 4.93. The molecule has 0 saturated heterocycles. The summed E-state index contributed by atoms with van der Waals surface area (Å²) in [6.45, 7) is 4.92. The largest absolute Gasteiger partial charge is 0.494 e. The molecule has 0 spiro atoms. The fraction of sp³-hybridized carbons (Fsp3) is 0.360. The fourth-order valence-electron chi connectivity index (χ4n) is 3.45. The van der Waals surface area contributed by atoms with Gasteiger partial charge in [-0.15, -0.1) is 0 Å². The smallest absolute Gasteiger partial charge is 0.119 e. The van der Waals surface area contributed by atoms with Crippen LogP contribution in [0.4, 0.5) is 0 Å². The molecule has 1 aliphatic rings. The first-order valence-corrected chi connectivity index (χ1v) is 9.81. The van der Waals surface area contributed by atoms with Crippen LogP contribution in [0.15, 0.2) is 60.2 Å². The number of hydrogen-bond donors (Lipinski definition) is 0. The predicted molar refractivity (Wildman–Crippen MR) is 110 cm³/mol. The molecule has 0 fully saturated rings. The van der Waals surface area contributed by atoms with Crippen molar-refractivity contribution >= 4 is 0 Å². The summed E-state index contributed by atoms with van der Waals surface area (Å²) in [6.07, 6.45) is 8.08. The van der Waals surface area contributed by atoms with E-state index in [4.69, 9.17) is 4.74 Å². The lowest BCUT2D eigenvalue weighted by molar-refractivity contribution is 0.340. The van der Waals surface area contributed by atoms with Crippen LogP contribution in [0.2, 0.25) is 0 Å². The van der Waals surface area contributed by atoms with E-state index in [1.165, 1.54) is 36.0 Å². The summed E-state index contributed by atoms with van der Waals surface area (Å²) in [5.41, 5.74) is 5.24. The second kappa shape index (κ2) is 9.30. The van der Waals surface area contributed by atoms with E-state index in [1.807, 2.05) is 31.2 Å². The van der Waals surface area contributed by atoms with Gasteiger partial charge < -0.3 is 4.74 Å². The third-order valence-corrected chi connectivity index (χ3v) is 4.93. The Morgan fingerprint density at radius 2 is 1.73 bits per heavy atom. The maximum absolute atomic E-state index is 5.47. The van der Waals surface area contributed by atoms with Crippen molar-refractivity contribution in [1.82, 2.24) is 0 Å². The molecule has 1 nitrogen and oxygen atoms in total. The highest BCUT2D eigenvalue weighted by Crippen LogP contribution is 2.32. The van der Waals surface area contributed by atoms with E-state index in [0.29, 0.717) is 12.5 Å². The van der Waals surface area contributed by atoms with Crippen molar-refractivity contribution in [2.45, 2.75) is 51.9 Å². The molecule has 0 aromatic heterocycles. The number of aryl methyl sites for hydroxylation is 1. The van der Waals surface area contributed by atoms with Gasteiger partial charge >= 0.3 is 0 Å². The molecule has 0 aliphatic heterocycles. The van der Waals surface area contributed by atoms with Crippen molar-refractivity contribution in [2.75, 3.05) is 6.61 Å². The van der Waals surface area contributed by atoms with Gasteiger partial charge in [-0.25, -0.2) is 0 Å². The van der Waals surface area contributed by atoms with E-state index >= 15 is 0 Å². The van der Waals surface area contributed by atoms with Crippen molar-refractivity contribution < 1.29 is 4.74 Å². The Morgan fingerprint density at radius 1 is 0.962 bits per heavy atom. The van der Waals surface area contributed by atoms with Crippen molar-refractivity contribution in [3.8, 4) is 17.6 Å². The minimum atomic E-state index is 0.640. The highest BCUT2D eigenvalue weighted by atomic mass is 16.5. The van der Waals surface area contributed by atoms with Gasteiger partial charge in [0, 0.05) is 5.56 Å². The SMILES string of the molecule is CCCc1ccc(C2CC=C(C#Cc3ccc(OCC)cc3)CC2)cc1. The molecule has 3 rings (SSSR count). The molecule has 0 heterocycles. The van der Waals surface area contributed by atoms with E-state index < -0.39 is 0 Å². The zero-order chi connectivity index (χ0) is 18.2. The molecule has 134 valence electrons. The summed E-state index contributed by atoms with van der Waals surface area (Å²) >= 11 is 0. The Kier molecular flexibility index (Phi) is 6.56. The normalized spacial score (nSPS) is 16.4. The fourth-order valence-corrected chi connectivity index (χ4v) is 3.45. The first kappa shape index (κ1) is 18.3. The zero-order valence-electron chi connectivity index (χ0n) is 15.9. The summed E-state index contributed by atoms with van der Waals surface area (Å²) in [6, 6.07) is 17.3. The highest BCUT2D eigenvalue weighted by Gasteiger charge is 2.15. The van der Waals surface area contributed by atoms with Crippen LogP contribution in [0.3, 0.4) is 0 Å². The predicted octanol–water partition coefficient (Wildman–Crippen LogP) is 6.28. The summed E-state index contributed by atoms with van der Waals surface area (Å²) in [7, 11) is 0. The quantitative estimate of drug-likeness (QED) is 0.580. The standard InChI is InChI=1S/C25H28O/c1-3-5-20-8-14-23(15-9-20)24-16-10-21(11-17-24)6-7-22-12-18-25(19-13-22)26-4-2/h8-10,12-15,18-19,24H,3-5,11,16-17H2,1-2H3. The molecular weight excluding hydrogens is 316 g/mol. The molecule has 0 bridgehead atoms. The van der Waals surface area contributed by atoms with Crippen LogP contribution in [0.25, 0.3) is 0 Å². The highest BCUT2D eigenvalue weighted by molar-refractivity contribution is 5.43. The average molecular weight is 344 g/mol. The molecule has 1 aliphatic carbocycles. The summed E-state index contributed by atoms with van der Waals surface area (Å²) < 4.78 is 5.47. The van der Waals surface area contributed by atoms with Crippen LogP contribution in [0.1, 0.15) is 62.1 Å². The molecule has 2 aromatic rings. The van der Waals surface area contributed by atoms with Gasteiger partial charge in [-0.05, 0) is 79.5 Å². The van der Waals surface area contributed by atoms with Gasteiger partial charge in [0.15, 0.2) is 0 Å². The minimum absolute atomic E-state index is 0.640. The van der Waals surface area contributed by atoms with Crippen LogP contribution in [0, 0.1) is 11.8 Å². The van der Waals surface area contributed by atoms with E-state index in [9.17, 15) is 0 Å². The van der Waals surface area contributed by atoms with Crippen molar-refractivity contribution in [2.24, 2.45) is 0 Å². The van der Waals surface area contributed by atoms with Gasteiger partial charge in [-0.3, -0.25) is 0 Å². The number of ether oxygens (including phenoxy) is 1. The van der Waals surface area contributed by atoms with Crippen LogP contribution in [-0.2, 0) is 6.42 Å². The molecule has 1 unspecified atom stereocenters. The van der Waals surface area contributed by atoms with Crippen LogP contribution in [0.5, 0.6) is 5.75 Å². The van der Waals surface area contributed by atoms with Gasteiger partial charge in [0.2, 0.25) is 0 Å². The van der Waals surface area contributed by atoms with Crippen LogP contribution < -0.4 is 4.74 Å². The third kappa shape index (κ3) is 5.02. The maximum Gasteiger partial charge on any atom is 0.119 e. The Labute approximate surface area is 158 Å². The lowest BCUT2D eigenvalue weighted by Crippen LogP contribution is -2.04. The van der Waals surface area contributed by atoms with Gasteiger partial charge in [0.1, 0.15) is 5.75 Å².